The van der Waals surface area contributed by atoms with Crippen LogP contribution in [0.4, 0.5) is 0 Å². The number of halogens is 2. The van der Waals surface area contributed by atoms with Crippen molar-refractivity contribution in [1.29, 1.82) is 0 Å². The first-order valence-corrected chi connectivity index (χ1v) is 8.28. The number of benzene rings is 1. The maximum Gasteiger partial charge on any atom is 0.261 e. The third kappa shape index (κ3) is 3.26. The van der Waals surface area contributed by atoms with Gasteiger partial charge in [-0.25, -0.2) is 8.42 Å². The Morgan fingerprint density at radius 1 is 1.42 bits per heavy atom. The largest absolute Gasteiger partial charge is 0.486 e. The van der Waals surface area contributed by atoms with Gasteiger partial charge in [0.25, 0.3) is 9.05 Å². The zero-order valence-electron chi connectivity index (χ0n) is 9.64. The lowest BCUT2D eigenvalue weighted by Gasteiger charge is -2.09. The zero-order valence-corrected chi connectivity index (χ0v) is 12.8. The van der Waals surface area contributed by atoms with Crippen molar-refractivity contribution in [2.45, 2.75) is 4.90 Å². The van der Waals surface area contributed by atoms with E-state index in [1.54, 1.807) is 18.3 Å². The van der Waals surface area contributed by atoms with Crippen molar-refractivity contribution in [1.82, 2.24) is 4.98 Å². The van der Waals surface area contributed by atoms with Crippen molar-refractivity contribution < 1.29 is 13.2 Å². The van der Waals surface area contributed by atoms with E-state index in [1.165, 1.54) is 12.1 Å². The molecule has 7 heteroatoms. The van der Waals surface area contributed by atoms with Gasteiger partial charge in [0, 0.05) is 26.7 Å². The second-order valence-corrected chi connectivity index (χ2v) is 7.36. The predicted octanol–water partition coefficient (Wildman–Crippen LogP) is 3.45. The van der Waals surface area contributed by atoms with Crippen LogP contribution in [0.15, 0.2) is 46.4 Å². The number of hydrogen-bond donors (Lipinski definition) is 0. The van der Waals surface area contributed by atoms with E-state index in [0.29, 0.717) is 21.1 Å². The van der Waals surface area contributed by atoms with Crippen molar-refractivity contribution in [3.8, 4) is 5.75 Å². The molecule has 2 rings (SSSR count). The molecule has 0 amide bonds. The minimum absolute atomic E-state index is 0.0160. The molecule has 0 aliphatic rings. The van der Waals surface area contributed by atoms with E-state index < -0.39 is 9.05 Å². The van der Waals surface area contributed by atoms with Crippen molar-refractivity contribution >= 4 is 46.6 Å². The Balaban J connectivity index is 2.62. The fourth-order valence-electron chi connectivity index (χ4n) is 1.61. The van der Waals surface area contributed by atoms with Gasteiger partial charge in [0.2, 0.25) is 0 Å². The molecule has 0 bridgehead atoms. The molecule has 1 heterocycles. The van der Waals surface area contributed by atoms with Crippen LogP contribution in [0.2, 0.25) is 0 Å². The molecule has 0 aliphatic heterocycles. The van der Waals surface area contributed by atoms with Gasteiger partial charge >= 0.3 is 0 Å². The molecule has 0 fully saturated rings. The summed E-state index contributed by atoms with van der Waals surface area (Å²) in [5.41, 5.74) is 0.443. The maximum atomic E-state index is 11.5. The molecule has 4 nitrogen and oxygen atoms in total. The molecule has 0 saturated carbocycles. The third-order valence-electron chi connectivity index (χ3n) is 2.34. The second kappa shape index (κ2) is 5.48. The molecule has 0 N–H and O–H groups in total. The van der Waals surface area contributed by atoms with E-state index in [9.17, 15) is 8.42 Å². The van der Waals surface area contributed by atoms with E-state index in [0.717, 1.165) is 0 Å². The molecule has 1 aromatic heterocycles. The van der Waals surface area contributed by atoms with Crippen LogP contribution in [0.5, 0.6) is 5.75 Å². The highest BCUT2D eigenvalue weighted by Gasteiger charge is 2.17. The van der Waals surface area contributed by atoms with E-state index in [1.807, 2.05) is 0 Å². The number of hydrogen-bond acceptors (Lipinski definition) is 4. The number of ether oxygens (including phenoxy) is 1. The summed E-state index contributed by atoms with van der Waals surface area (Å²) in [7, 11) is 1.57. The lowest BCUT2D eigenvalue weighted by atomic mass is 10.2. The smallest absolute Gasteiger partial charge is 0.261 e. The van der Waals surface area contributed by atoms with Gasteiger partial charge in [-0.05, 0) is 24.3 Å². The van der Waals surface area contributed by atoms with E-state index >= 15 is 0 Å². The van der Waals surface area contributed by atoms with Crippen LogP contribution in [-0.4, -0.2) is 20.0 Å². The van der Waals surface area contributed by atoms with Crippen molar-refractivity contribution in [3.05, 3.63) is 41.5 Å². The Bertz CT molecular complexity index is 746. The highest BCUT2D eigenvalue weighted by atomic mass is 79.9. The first kappa shape index (κ1) is 14.3. The van der Waals surface area contributed by atoms with Crippen LogP contribution in [0, 0.1) is 0 Å². The summed E-state index contributed by atoms with van der Waals surface area (Å²) in [6, 6.07) is 6.20. The fraction of sp³-hybridized carbons (Fsp3) is 0.0833. The Morgan fingerprint density at radius 3 is 2.79 bits per heavy atom. The van der Waals surface area contributed by atoms with Gasteiger partial charge in [-0.15, -0.1) is 0 Å². The Labute approximate surface area is 123 Å². The van der Waals surface area contributed by atoms with Gasteiger partial charge in [0.1, 0.15) is 17.9 Å². The zero-order chi connectivity index (χ0) is 14.0. The molecule has 100 valence electrons. The molecule has 0 radical (unpaired) electrons. The van der Waals surface area contributed by atoms with Crippen LogP contribution < -0.4 is 4.74 Å². The maximum absolute atomic E-state index is 11.5. The normalized spacial score (nSPS) is 11.5. The van der Waals surface area contributed by atoms with Crippen molar-refractivity contribution in [2.24, 2.45) is 0 Å². The fourth-order valence-corrected chi connectivity index (χ4v) is 2.78. The Hall–Kier alpha value is -1.11. The molecule has 0 atom stereocenters. The van der Waals surface area contributed by atoms with Gasteiger partial charge in [0.15, 0.2) is 0 Å². The van der Waals surface area contributed by atoms with Crippen molar-refractivity contribution in [3.63, 3.8) is 0 Å². The molecule has 0 saturated heterocycles. The third-order valence-corrected chi connectivity index (χ3v) is 3.95. The molecule has 0 unspecified atom stereocenters. The average Bonchev–Trinajstić information content (AvgIpc) is 2.34. The van der Waals surface area contributed by atoms with Crippen LogP contribution in [0.25, 0.3) is 10.9 Å². The quantitative estimate of drug-likeness (QED) is 0.782. The Kier molecular flexibility index (Phi) is 4.13. The van der Waals surface area contributed by atoms with Gasteiger partial charge in [-0.2, -0.15) is 0 Å². The van der Waals surface area contributed by atoms with E-state index in [4.69, 9.17) is 15.4 Å². The highest BCUT2D eigenvalue weighted by Crippen LogP contribution is 2.31. The summed E-state index contributed by atoms with van der Waals surface area (Å²) in [4.78, 5) is 4.16. The molecule has 2 aromatic rings. The van der Waals surface area contributed by atoms with Crippen LogP contribution >= 0.6 is 26.6 Å². The van der Waals surface area contributed by atoms with Gasteiger partial charge in [-0.3, -0.25) is 4.98 Å². The molecular weight excluding hydrogens is 354 g/mol. The lowest BCUT2D eigenvalue weighted by Crippen LogP contribution is -2.00. The highest BCUT2D eigenvalue weighted by molar-refractivity contribution is 9.11. The standard InChI is InChI=1S/C12H9BrClNO3S/c1-8(13)7-18-10-4-5-11(19(14,16)17)9-3-2-6-15-12(9)10/h2-6H,1,7H2. The number of fused-ring (bicyclic) bond motifs is 1. The summed E-state index contributed by atoms with van der Waals surface area (Å²) >= 11 is 3.19. The molecule has 0 spiro atoms. The van der Waals surface area contributed by atoms with Gasteiger partial charge < -0.3 is 4.74 Å². The SMILES string of the molecule is C=C(Br)COc1ccc(S(=O)(=O)Cl)c2cccnc12. The second-order valence-electron chi connectivity index (χ2n) is 3.71. The number of rotatable bonds is 4. The van der Waals surface area contributed by atoms with E-state index in [-0.39, 0.29) is 11.5 Å². The van der Waals surface area contributed by atoms with Gasteiger partial charge in [0.05, 0.1) is 4.90 Å². The van der Waals surface area contributed by atoms with Crippen LogP contribution in [0.3, 0.4) is 0 Å². The predicted molar refractivity (Wildman–Crippen MR) is 78.3 cm³/mol. The monoisotopic (exact) mass is 361 g/mol. The molecule has 0 aliphatic carbocycles. The number of aromatic nitrogens is 1. The minimum Gasteiger partial charge on any atom is -0.486 e. The topological polar surface area (TPSA) is 56.3 Å². The Morgan fingerprint density at radius 2 is 2.16 bits per heavy atom. The average molecular weight is 363 g/mol. The summed E-state index contributed by atoms with van der Waals surface area (Å²) < 4.78 is 29.2. The van der Waals surface area contributed by atoms with Crippen molar-refractivity contribution in [2.75, 3.05) is 6.61 Å². The molecular formula is C12H9BrClNO3S. The number of pyridine rings is 1. The number of nitrogens with zero attached hydrogens (tertiary/aromatic N) is 1. The lowest BCUT2D eigenvalue weighted by molar-refractivity contribution is 0.364. The van der Waals surface area contributed by atoms with Crippen LogP contribution in [-0.2, 0) is 9.05 Å². The summed E-state index contributed by atoms with van der Waals surface area (Å²) in [6.45, 7) is 3.92. The molecule has 1 aromatic carbocycles. The van der Waals surface area contributed by atoms with Gasteiger partial charge in [-0.1, -0.05) is 22.5 Å². The van der Waals surface area contributed by atoms with Crippen LogP contribution in [0.1, 0.15) is 0 Å². The minimum atomic E-state index is -3.83. The first-order chi connectivity index (χ1) is 8.89. The first-order valence-electron chi connectivity index (χ1n) is 5.18. The summed E-state index contributed by atoms with van der Waals surface area (Å²) in [6.07, 6.45) is 1.56. The summed E-state index contributed by atoms with van der Waals surface area (Å²) in [5, 5.41) is 0.426. The molecule has 19 heavy (non-hydrogen) atoms. The summed E-state index contributed by atoms with van der Waals surface area (Å²) in [5.74, 6) is 0.472. The van der Waals surface area contributed by atoms with E-state index in [2.05, 4.69) is 27.5 Å².